The van der Waals surface area contributed by atoms with Gasteiger partial charge in [-0.25, -0.2) is 9.37 Å². The van der Waals surface area contributed by atoms with E-state index in [1.165, 1.54) is 0 Å². The van der Waals surface area contributed by atoms with Crippen molar-refractivity contribution in [2.45, 2.75) is 25.0 Å². The van der Waals surface area contributed by atoms with E-state index in [2.05, 4.69) is 30.4 Å². The van der Waals surface area contributed by atoms with Gasteiger partial charge in [0.1, 0.15) is 5.82 Å². The van der Waals surface area contributed by atoms with E-state index in [0.717, 1.165) is 6.07 Å². The second kappa shape index (κ2) is 6.87. The van der Waals surface area contributed by atoms with Crippen molar-refractivity contribution in [2.75, 3.05) is 6.61 Å². The van der Waals surface area contributed by atoms with Crippen LogP contribution in [-0.2, 0) is 21.3 Å². The van der Waals surface area contributed by atoms with Crippen LogP contribution in [0.5, 0.6) is 5.88 Å². The first-order valence-corrected chi connectivity index (χ1v) is 6.54. The van der Waals surface area contributed by atoms with Gasteiger partial charge in [0.15, 0.2) is 0 Å². The summed E-state index contributed by atoms with van der Waals surface area (Å²) in [4.78, 5) is 14.6. The van der Waals surface area contributed by atoms with Crippen molar-refractivity contribution in [1.29, 1.82) is 0 Å². The lowest BCUT2D eigenvalue weighted by molar-refractivity contribution is -0.276. The molecule has 4 nitrogen and oxygen atoms in total. The summed E-state index contributed by atoms with van der Waals surface area (Å²) < 4.78 is 58.5. The summed E-state index contributed by atoms with van der Waals surface area (Å²) in [6.07, 6.45) is -5.52. The number of aromatic nitrogens is 1. The number of esters is 1. The third-order valence-electron chi connectivity index (χ3n) is 2.06. The summed E-state index contributed by atoms with van der Waals surface area (Å²) in [6.45, 7) is 1.62. The van der Waals surface area contributed by atoms with E-state index < -0.39 is 36.1 Å². The van der Waals surface area contributed by atoms with Crippen LogP contribution in [-0.4, -0.2) is 23.9 Å². The van der Waals surface area contributed by atoms with Gasteiger partial charge in [0.05, 0.1) is 18.7 Å². The number of hydrogen-bond acceptors (Lipinski definition) is 4. The highest BCUT2D eigenvalue weighted by atomic mass is 79.9. The summed E-state index contributed by atoms with van der Waals surface area (Å²) in [5.74, 6) is -2.49. The number of nitrogens with zero attached hydrogens (tertiary/aromatic N) is 1. The average molecular weight is 360 g/mol. The zero-order chi connectivity index (χ0) is 15.3. The average Bonchev–Trinajstić information content (AvgIpc) is 2.31. The monoisotopic (exact) mass is 359 g/mol. The highest BCUT2D eigenvalue weighted by molar-refractivity contribution is 9.08. The first-order valence-electron chi connectivity index (χ1n) is 5.42. The molecule has 0 aliphatic heterocycles. The Balaban J connectivity index is 3.08. The van der Waals surface area contributed by atoms with Crippen molar-refractivity contribution in [3.8, 4) is 5.88 Å². The number of carbonyl (C=O) groups is 1. The summed E-state index contributed by atoms with van der Waals surface area (Å²) in [7, 11) is 0. The second-order valence-corrected chi connectivity index (χ2v) is 4.10. The van der Waals surface area contributed by atoms with Gasteiger partial charge in [0, 0.05) is 17.0 Å². The Morgan fingerprint density at radius 3 is 2.60 bits per heavy atom. The fraction of sp³-hybridized carbons (Fsp3) is 0.455. The molecule has 0 radical (unpaired) electrons. The highest BCUT2D eigenvalue weighted by Crippen LogP contribution is 2.25. The topological polar surface area (TPSA) is 48.4 Å². The molecule has 9 heteroatoms. The summed E-state index contributed by atoms with van der Waals surface area (Å²) in [5.41, 5.74) is -0.557. The van der Waals surface area contributed by atoms with E-state index in [1.54, 1.807) is 6.92 Å². The van der Waals surface area contributed by atoms with Crippen molar-refractivity contribution in [2.24, 2.45) is 0 Å². The normalized spacial score (nSPS) is 11.3. The van der Waals surface area contributed by atoms with E-state index in [9.17, 15) is 22.4 Å². The predicted octanol–water partition coefficient (Wildman–Crippen LogP) is 3.12. The van der Waals surface area contributed by atoms with Crippen molar-refractivity contribution in [3.05, 3.63) is 23.1 Å². The van der Waals surface area contributed by atoms with Crippen LogP contribution in [0.3, 0.4) is 0 Å². The third kappa shape index (κ3) is 4.95. The Hall–Kier alpha value is -1.38. The fourth-order valence-electron chi connectivity index (χ4n) is 1.35. The predicted molar refractivity (Wildman–Crippen MR) is 63.8 cm³/mol. The summed E-state index contributed by atoms with van der Waals surface area (Å²) in [6, 6.07) is 0.812. The van der Waals surface area contributed by atoms with Crippen molar-refractivity contribution < 1.29 is 31.8 Å². The largest absolute Gasteiger partial charge is 0.574 e. The maximum Gasteiger partial charge on any atom is 0.574 e. The second-order valence-electron chi connectivity index (χ2n) is 3.54. The quantitative estimate of drug-likeness (QED) is 0.460. The minimum Gasteiger partial charge on any atom is -0.466 e. The van der Waals surface area contributed by atoms with Crippen LogP contribution in [0.4, 0.5) is 17.6 Å². The van der Waals surface area contributed by atoms with Crippen molar-refractivity contribution >= 4 is 21.9 Å². The number of halogens is 5. The highest BCUT2D eigenvalue weighted by Gasteiger charge is 2.32. The van der Waals surface area contributed by atoms with Crippen LogP contribution >= 0.6 is 15.9 Å². The maximum atomic E-state index is 13.8. The van der Waals surface area contributed by atoms with Gasteiger partial charge < -0.3 is 9.47 Å². The minimum absolute atomic E-state index is 0.0502. The summed E-state index contributed by atoms with van der Waals surface area (Å²) in [5, 5.41) is -0.0502. The number of alkyl halides is 4. The maximum absolute atomic E-state index is 13.8. The third-order valence-corrected chi connectivity index (χ3v) is 2.66. The first-order chi connectivity index (χ1) is 9.26. The number of hydrogen-bond donors (Lipinski definition) is 0. The number of carbonyl (C=O) groups excluding carboxylic acids is 1. The Morgan fingerprint density at radius 2 is 2.10 bits per heavy atom. The molecule has 0 aliphatic rings. The van der Waals surface area contributed by atoms with Crippen LogP contribution in [0.25, 0.3) is 0 Å². The number of ether oxygens (including phenoxy) is 2. The molecule has 0 bridgehead atoms. The molecule has 20 heavy (non-hydrogen) atoms. The van der Waals surface area contributed by atoms with Crippen molar-refractivity contribution in [1.82, 2.24) is 4.98 Å². The molecular formula is C11H10BrF4NO3. The molecule has 0 unspecified atom stereocenters. The van der Waals surface area contributed by atoms with Gasteiger partial charge in [-0.1, -0.05) is 15.9 Å². The Bertz CT molecular complexity index is 493. The molecule has 0 atom stereocenters. The minimum atomic E-state index is -4.95. The lowest BCUT2D eigenvalue weighted by Gasteiger charge is -2.12. The molecule has 1 heterocycles. The zero-order valence-corrected chi connectivity index (χ0v) is 11.8. The van der Waals surface area contributed by atoms with Gasteiger partial charge in [-0.2, -0.15) is 0 Å². The molecule has 0 aromatic carbocycles. The molecule has 1 aromatic heterocycles. The first kappa shape index (κ1) is 16.7. The van der Waals surface area contributed by atoms with Crippen LogP contribution < -0.4 is 4.74 Å². The molecule has 0 fully saturated rings. The number of rotatable bonds is 5. The SMILES string of the molecule is CCOC(=O)Cc1nc(OC(F)(F)F)cc(CBr)c1F. The number of pyridine rings is 1. The van der Waals surface area contributed by atoms with Gasteiger partial charge in [0.25, 0.3) is 0 Å². The Labute approximate surface area is 120 Å². The molecule has 0 spiro atoms. The van der Waals surface area contributed by atoms with E-state index in [1.807, 2.05) is 0 Å². The molecular weight excluding hydrogens is 350 g/mol. The van der Waals surface area contributed by atoms with Gasteiger partial charge >= 0.3 is 12.3 Å². The van der Waals surface area contributed by atoms with Crippen LogP contribution in [0.1, 0.15) is 18.2 Å². The molecule has 1 aromatic rings. The van der Waals surface area contributed by atoms with Crippen LogP contribution in [0, 0.1) is 5.82 Å². The van der Waals surface area contributed by atoms with E-state index in [4.69, 9.17) is 0 Å². The van der Waals surface area contributed by atoms with Gasteiger partial charge in [-0.3, -0.25) is 4.79 Å². The zero-order valence-electron chi connectivity index (χ0n) is 10.3. The molecule has 0 amide bonds. The summed E-state index contributed by atoms with van der Waals surface area (Å²) >= 11 is 2.93. The lowest BCUT2D eigenvalue weighted by atomic mass is 10.2. The van der Waals surface area contributed by atoms with E-state index in [-0.39, 0.29) is 17.5 Å². The smallest absolute Gasteiger partial charge is 0.466 e. The fourth-order valence-corrected chi connectivity index (χ4v) is 1.75. The van der Waals surface area contributed by atoms with Gasteiger partial charge in [0.2, 0.25) is 5.88 Å². The molecule has 1 rings (SSSR count). The standard InChI is InChI=1S/C11H10BrF4NO3/c1-2-19-9(18)4-7-10(13)6(5-12)3-8(17-7)20-11(14,15)16/h3H,2,4-5H2,1H3. The van der Waals surface area contributed by atoms with Gasteiger partial charge in [-0.15, -0.1) is 13.2 Å². The van der Waals surface area contributed by atoms with E-state index in [0.29, 0.717) is 0 Å². The Kier molecular flexibility index (Phi) is 5.73. The lowest BCUT2D eigenvalue weighted by Crippen LogP contribution is -2.19. The molecule has 0 saturated carbocycles. The van der Waals surface area contributed by atoms with Crippen molar-refractivity contribution in [3.63, 3.8) is 0 Å². The van der Waals surface area contributed by atoms with Crippen LogP contribution in [0.15, 0.2) is 6.07 Å². The Morgan fingerprint density at radius 1 is 1.45 bits per heavy atom. The van der Waals surface area contributed by atoms with E-state index >= 15 is 0 Å². The molecule has 112 valence electrons. The molecule has 0 N–H and O–H groups in total. The van der Waals surface area contributed by atoms with Gasteiger partial charge in [-0.05, 0) is 6.92 Å². The molecule has 0 aliphatic carbocycles. The van der Waals surface area contributed by atoms with Crippen LogP contribution in [0.2, 0.25) is 0 Å². The molecule has 0 saturated heterocycles.